The van der Waals surface area contributed by atoms with Crippen LogP contribution in [-0.4, -0.2) is 30.2 Å². The maximum Gasteiger partial charge on any atom is 0.270 e. The van der Waals surface area contributed by atoms with Crippen molar-refractivity contribution in [2.45, 2.75) is 0 Å². The lowest BCUT2D eigenvalue weighted by Gasteiger charge is -2.14. The zero-order valence-electron chi connectivity index (χ0n) is 14.3. The van der Waals surface area contributed by atoms with Crippen LogP contribution in [0.4, 0.5) is 16.5 Å². The van der Waals surface area contributed by atoms with E-state index in [1.54, 1.807) is 12.3 Å². The van der Waals surface area contributed by atoms with Gasteiger partial charge in [-0.2, -0.15) is 5.10 Å². The average molecular weight is 367 g/mol. The molecule has 8 heteroatoms. The summed E-state index contributed by atoms with van der Waals surface area (Å²) in [5.74, 6) is 0. The summed E-state index contributed by atoms with van der Waals surface area (Å²) in [6.45, 7) is 0. The van der Waals surface area contributed by atoms with Crippen molar-refractivity contribution in [2.24, 2.45) is 5.10 Å². The van der Waals surface area contributed by atoms with Crippen LogP contribution in [0, 0.1) is 10.1 Å². The lowest BCUT2D eigenvalue weighted by Crippen LogP contribution is -2.11. The van der Waals surface area contributed by atoms with Crippen LogP contribution in [-0.2, 0) is 0 Å². The number of non-ortho nitro benzene ring substituents is 1. The molecule has 0 unspecified atom stereocenters. The van der Waals surface area contributed by atoms with E-state index in [4.69, 9.17) is 0 Å². The topological polar surface area (TPSA) is 83.7 Å². The molecule has 26 heavy (non-hydrogen) atoms. The first kappa shape index (κ1) is 17.6. The van der Waals surface area contributed by atoms with E-state index in [1.807, 2.05) is 54.7 Å². The highest BCUT2D eigenvalue weighted by Gasteiger charge is 2.11. The number of nitro groups is 1. The smallest absolute Gasteiger partial charge is 0.270 e. The third kappa shape index (κ3) is 4.04. The van der Waals surface area contributed by atoms with E-state index < -0.39 is 4.92 Å². The first-order valence-corrected chi connectivity index (χ1v) is 8.68. The van der Waals surface area contributed by atoms with Crippen molar-refractivity contribution < 1.29 is 4.92 Å². The third-order valence-corrected chi connectivity index (χ3v) is 4.39. The molecular weight excluding hydrogens is 350 g/mol. The van der Waals surface area contributed by atoms with Crippen LogP contribution in [0.2, 0.25) is 0 Å². The number of benzene rings is 2. The summed E-state index contributed by atoms with van der Waals surface area (Å²) in [4.78, 5) is 16.9. The Balaban J connectivity index is 1.77. The van der Waals surface area contributed by atoms with Gasteiger partial charge in [-0.15, -0.1) is 11.3 Å². The van der Waals surface area contributed by atoms with Crippen LogP contribution in [0.15, 0.2) is 59.0 Å². The second-order valence-electron chi connectivity index (χ2n) is 5.67. The molecule has 0 aliphatic heterocycles. The SMILES string of the molecule is CN(C)c1ccc([N+](=O)[O-])cc1C=NNc1nc(-c2ccccc2)cs1. The number of nitrogens with zero attached hydrogens (tertiary/aromatic N) is 4. The van der Waals surface area contributed by atoms with Crippen LogP contribution in [0.3, 0.4) is 0 Å². The van der Waals surface area contributed by atoms with Gasteiger partial charge in [-0.1, -0.05) is 30.3 Å². The number of rotatable bonds is 6. The molecule has 0 saturated carbocycles. The first-order valence-electron chi connectivity index (χ1n) is 7.80. The van der Waals surface area contributed by atoms with Crippen molar-refractivity contribution in [3.63, 3.8) is 0 Å². The largest absolute Gasteiger partial charge is 0.377 e. The van der Waals surface area contributed by atoms with E-state index in [1.165, 1.54) is 23.5 Å². The summed E-state index contributed by atoms with van der Waals surface area (Å²) in [6, 6.07) is 14.6. The third-order valence-electron chi connectivity index (χ3n) is 3.64. The Morgan fingerprint density at radius 3 is 2.69 bits per heavy atom. The van der Waals surface area contributed by atoms with Crippen molar-refractivity contribution >= 4 is 34.1 Å². The quantitative estimate of drug-likeness (QED) is 0.400. The van der Waals surface area contributed by atoms with Gasteiger partial charge in [0.15, 0.2) is 0 Å². The number of nitrogens with one attached hydrogen (secondary N) is 1. The predicted octanol–water partition coefficient (Wildman–Crippen LogP) is 4.23. The summed E-state index contributed by atoms with van der Waals surface area (Å²) in [5, 5.41) is 17.8. The molecule has 0 spiro atoms. The zero-order chi connectivity index (χ0) is 18.5. The van der Waals surface area contributed by atoms with Gasteiger partial charge >= 0.3 is 0 Å². The van der Waals surface area contributed by atoms with E-state index in [2.05, 4.69) is 15.5 Å². The molecule has 0 atom stereocenters. The van der Waals surface area contributed by atoms with Gasteiger partial charge in [0.2, 0.25) is 5.13 Å². The molecule has 1 aromatic heterocycles. The van der Waals surface area contributed by atoms with Gasteiger partial charge in [-0.05, 0) is 6.07 Å². The van der Waals surface area contributed by atoms with Gasteiger partial charge in [-0.3, -0.25) is 15.5 Å². The Morgan fingerprint density at radius 1 is 1.23 bits per heavy atom. The van der Waals surface area contributed by atoms with E-state index in [-0.39, 0.29) is 5.69 Å². The summed E-state index contributed by atoms with van der Waals surface area (Å²) in [7, 11) is 3.75. The lowest BCUT2D eigenvalue weighted by atomic mass is 10.1. The maximum atomic E-state index is 11.0. The molecule has 7 nitrogen and oxygen atoms in total. The van der Waals surface area contributed by atoms with Gasteiger partial charge in [0.05, 0.1) is 16.8 Å². The highest BCUT2D eigenvalue weighted by Crippen LogP contribution is 2.25. The van der Waals surface area contributed by atoms with E-state index in [0.29, 0.717) is 10.7 Å². The van der Waals surface area contributed by atoms with Crippen molar-refractivity contribution in [2.75, 3.05) is 24.4 Å². The number of aromatic nitrogens is 1. The van der Waals surface area contributed by atoms with Gasteiger partial charge in [-0.25, -0.2) is 4.98 Å². The minimum atomic E-state index is -0.419. The molecule has 2 aromatic carbocycles. The fourth-order valence-electron chi connectivity index (χ4n) is 2.39. The summed E-state index contributed by atoms with van der Waals surface area (Å²) in [5.41, 5.74) is 6.31. The molecule has 3 aromatic rings. The Bertz CT molecular complexity index is 938. The zero-order valence-corrected chi connectivity index (χ0v) is 15.1. The molecule has 0 fully saturated rings. The molecule has 3 rings (SSSR count). The summed E-state index contributed by atoms with van der Waals surface area (Å²) >= 11 is 1.44. The summed E-state index contributed by atoms with van der Waals surface area (Å²) < 4.78 is 0. The van der Waals surface area contributed by atoms with Crippen molar-refractivity contribution in [1.82, 2.24) is 4.98 Å². The van der Waals surface area contributed by atoms with Crippen molar-refractivity contribution in [3.05, 3.63) is 69.6 Å². The van der Waals surface area contributed by atoms with Crippen LogP contribution < -0.4 is 10.3 Å². The number of hydrazone groups is 1. The molecule has 1 N–H and O–H groups in total. The Labute approximate surface area is 154 Å². The molecule has 0 radical (unpaired) electrons. The fraction of sp³-hybridized carbons (Fsp3) is 0.111. The number of hydrogen-bond acceptors (Lipinski definition) is 7. The number of hydrogen-bond donors (Lipinski definition) is 1. The first-order chi connectivity index (χ1) is 12.5. The van der Waals surface area contributed by atoms with E-state index in [9.17, 15) is 10.1 Å². The van der Waals surface area contributed by atoms with Gasteiger partial charge < -0.3 is 4.90 Å². The van der Waals surface area contributed by atoms with Crippen LogP contribution >= 0.6 is 11.3 Å². The maximum absolute atomic E-state index is 11.0. The molecule has 132 valence electrons. The molecule has 0 aliphatic carbocycles. The fourth-order valence-corrected chi connectivity index (χ4v) is 3.06. The minimum absolute atomic E-state index is 0.0256. The predicted molar refractivity (Wildman–Crippen MR) is 106 cm³/mol. The average Bonchev–Trinajstić information content (AvgIpc) is 3.11. The normalized spacial score (nSPS) is 10.8. The number of anilines is 2. The van der Waals surface area contributed by atoms with E-state index >= 15 is 0 Å². The summed E-state index contributed by atoms with van der Waals surface area (Å²) in [6.07, 6.45) is 1.56. The highest BCUT2D eigenvalue weighted by atomic mass is 32.1. The minimum Gasteiger partial charge on any atom is -0.377 e. The van der Waals surface area contributed by atoms with Crippen LogP contribution in [0.5, 0.6) is 0 Å². The van der Waals surface area contributed by atoms with Gasteiger partial charge in [0, 0.05) is 48.4 Å². The number of thiazole rings is 1. The standard InChI is InChI=1S/C18H17N5O2S/c1-22(2)17-9-8-15(23(24)25)10-14(17)11-19-21-18-20-16(12-26-18)13-6-4-3-5-7-13/h3-12H,1-2H3,(H,20,21). The molecule has 1 heterocycles. The molecule has 0 aliphatic rings. The monoisotopic (exact) mass is 367 g/mol. The Hall–Kier alpha value is -3.26. The molecule has 0 amide bonds. The molecular formula is C18H17N5O2S. The van der Waals surface area contributed by atoms with Gasteiger partial charge in [0.1, 0.15) is 0 Å². The Morgan fingerprint density at radius 2 is 2.00 bits per heavy atom. The van der Waals surface area contributed by atoms with Crippen molar-refractivity contribution in [1.29, 1.82) is 0 Å². The second-order valence-corrected chi connectivity index (χ2v) is 6.53. The molecule has 0 bridgehead atoms. The lowest BCUT2D eigenvalue weighted by molar-refractivity contribution is -0.384. The van der Waals surface area contributed by atoms with Crippen LogP contribution in [0.1, 0.15) is 5.56 Å². The Kier molecular flexibility index (Phi) is 5.23. The van der Waals surface area contributed by atoms with E-state index in [0.717, 1.165) is 16.9 Å². The van der Waals surface area contributed by atoms with Crippen LogP contribution in [0.25, 0.3) is 11.3 Å². The number of nitro benzene ring substituents is 1. The molecule has 0 saturated heterocycles. The second kappa shape index (κ2) is 7.75. The van der Waals surface area contributed by atoms with Crippen molar-refractivity contribution in [3.8, 4) is 11.3 Å². The highest BCUT2D eigenvalue weighted by molar-refractivity contribution is 7.14. The van der Waals surface area contributed by atoms with Gasteiger partial charge in [0.25, 0.3) is 5.69 Å².